The molecule has 0 spiro atoms. The first-order chi connectivity index (χ1) is 9.51. The van der Waals surface area contributed by atoms with Crippen LogP contribution < -0.4 is 11.1 Å². The number of hydrogen-bond donors (Lipinski definition) is 3. The van der Waals surface area contributed by atoms with Gasteiger partial charge in [0.15, 0.2) is 0 Å². The van der Waals surface area contributed by atoms with Gasteiger partial charge in [-0.15, -0.1) is 11.3 Å². The Morgan fingerprint density at radius 1 is 1.40 bits per heavy atom. The lowest BCUT2D eigenvalue weighted by molar-refractivity contribution is -0.138. The average molecular weight is 296 g/mol. The highest BCUT2D eigenvalue weighted by atomic mass is 32.1. The van der Waals surface area contributed by atoms with Crippen molar-refractivity contribution in [2.75, 3.05) is 0 Å². The second kappa shape index (κ2) is 6.37. The van der Waals surface area contributed by atoms with Crippen molar-refractivity contribution >= 4 is 23.2 Å². The van der Waals surface area contributed by atoms with Crippen LogP contribution >= 0.6 is 11.3 Å². The molecule has 1 unspecified atom stereocenters. The molecule has 0 bridgehead atoms. The fraction of sp³-hybridized carbons (Fsp3) is 0.571. The quantitative estimate of drug-likeness (QED) is 0.775. The molecule has 4 N–H and O–H groups in total. The number of rotatable bonds is 5. The third-order valence-electron chi connectivity index (χ3n) is 3.77. The van der Waals surface area contributed by atoms with Crippen LogP contribution in [0.3, 0.4) is 0 Å². The third kappa shape index (κ3) is 3.58. The zero-order valence-corrected chi connectivity index (χ0v) is 12.1. The molecule has 0 radical (unpaired) electrons. The maximum atomic E-state index is 12.4. The molecular formula is C14H20N2O3S. The molecule has 1 aliphatic carbocycles. The Morgan fingerprint density at radius 3 is 2.65 bits per heavy atom. The van der Waals surface area contributed by atoms with Crippen LogP contribution in [-0.2, 0) is 9.59 Å². The van der Waals surface area contributed by atoms with Gasteiger partial charge in [0.05, 0.1) is 18.0 Å². The van der Waals surface area contributed by atoms with Crippen molar-refractivity contribution in [2.45, 2.75) is 50.1 Å². The number of carbonyl (C=O) groups excluding carboxylic acids is 1. The molecule has 6 heteroatoms. The van der Waals surface area contributed by atoms with Crippen LogP contribution in [0.1, 0.15) is 49.4 Å². The molecule has 0 aliphatic heterocycles. The van der Waals surface area contributed by atoms with Crippen molar-refractivity contribution in [3.63, 3.8) is 0 Å². The maximum absolute atomic E-state index is 12.4. The Balaban J connectivity index is 2.07. The number of carbonyl (C=O) groups is 2. The van der Waals surface area contributed by atoms with Crippen molar-refractivity contribution in [3.8, 4) is 0 Å². The van der Waals surface area contributed by atoms with Gasteiger partial charge in [-0.3, -0.25) is 9.59 Å². The fourth-order valence-electron chi connectivity index (χ4n) is 2.60. The molecule has 1 fully saturated rings. The van der Waals surface area contributed by atoms with E-state index in [0.717, 1.165) is 24.1 Å². The highest BCUT2D eigenvalue weighted by Crippen LogP contribution is 2.28. The lowest BCUT2D eigenvalue weighted by atomic mass is 9.81. The van der Waals surface area contributed by atoms with E-state index in [1.54, 1.807) is 0 Å². The number of amides is 1. The predicted molar refractivity (Wildman–Crippen MR) is 77.5 cm³/mol. The van der Waals surface area contributed by atoms with Gasteiger partial charge in [0, 0.05) is 4.88 Å². The minimum absolute atomic E-state index is 0.123. The molecule has 1 aromatic rings. The van der Waals surface area contributed by atoms with Crippen LogP contribution in [0.4, 0.5) is 0 Å². The average Bonchev–Trinajstić information content (AvgIpc) is 2.92. The summed E-state index contributed by atoms with van der Waals surface area (Å²) in [6.07, 6.45) is 4.23. The number of nitrogens with one attached hydrogen (secondary N) is 1. The first-order valence-corrected chi connectivity index (χ1v) is 7.74. The van der Waals surface area contributed by atoms with Gasteiger partial charge in [-0.05, 0) is 24.3 Å². The van der Waals surface area contributed by atoms with Gasteiger partial charge in [-0.25, -0.2) is 0 Å². The van der Waals surface area contributed by atoms with Crippen LogP contribution in [0.5, 0.6) is 0 Å². The van der Waals surface area contributed by atoms with Crippen molar-refractivity contribution < 1.29 is 14.7 Å². The van der Waals surface area contributed by atoms with Gasteiger partial charge in [0.1, 0.15) is 0 Å². The van der Waals surface area contributed by atoms with Crippen LogP contribution in [-0.4, -0.2) is 22.5 Å². The molecule has 20 heavy (non-hydrogen) atoms. The summed E-state index contributed by atoms with van der Waals surface area (Å²) in [4.78, 5) is 24.2. The number of carboxylic acid groups (broad SMARTS) is 1. The summed E-state index contributed by atoms with van der Waals surface area (Å²) in [5.74, 6) is -1.16. The molecule has 1 amide bonds. The standard InChI is InChI=1S/C14H20N2O3S/c15-14(6-2-1-3-7-14)13(19)16-10(9-12(17)18)11-5-4-8-20-11/h4-5,8,10H,1-3,6-7,9,15H2,(H,16,19)(H,17,18). The second-order valence-electron chi connectivity index (χ2n) is 5.36. The Labute approximate surface area is 122 Å². The van der Waals surface area contributed by atoms with E-state index in [-0.39, 0.29) is 12.3 Å². The SMILES string of the molecule is NC1(C(=O)NC(CC(=O)O)c2cccs2)CCCCC1. The summed E-state index contributed by atoms with van der Waals surface area (Å²) in [5.41, 5.74) is 5.34. The molecule has 0 saturated heterocycles. The number of hydrogen-bond acceptors (Lipinski definition) is 4. The minimum atomic E-state index is -0.932. The van der Waals surface area contributed by atoms with E-state index in [1.165, 1.54) is 11.3 Å². The summed E-state index contributed by atoms with van der Waals surface area (Å²) in [5, 5.41) is 13.7. The Hall–Kier alpha value is -1.40. The van der Waals surface area contributed by atoms with Gasteiger partial charge in [0.25, 0.3) is 0 Å². The summed E-state index contributed by atoms with van der Waals surface area (Å²) in [6, 6.07) is 3.19. The number of carboxylic acids is 1. The third-order valence-corrected chi connectivity index (χ3v) is 4.75. The van der Waals surface area contributed by atoms with Crippen molar-refractivity contribution in [3.05, 3.63) is 22.4 Å². The van der Waals surface area contributed by atoms with E-state index in [1.807, 2.05) is 17.5 Å². The monoisotopic (exact) mass is 296 g/mol. The second-order valence-corrected chi connectivity index (χ2v) is 6.34. The topological polar surface area (TPSA) is 92.4 Å². The van der Waals surface area contributed by atoms with E-state index < -0.39 is 17.6 Å². The van der Waals surface area contributed by atoms with Crippen molar-refractivity contribution in [2.24, 2.45) is 5.73 Å². The fourth-order valence-corrected chi connectivity index (χ4v) is 3.38. The van der Waals surface area contributed by atoms with Crippen molar-refractivity contribution in [1.29, 1.82) is 0 Å². The lowest BCUT2D eigenvalue weighted by Crippen LogP contribution is -2.55. The summed E-state index contributed by atoms with van der Waals surface area (Å²) in [6.45, 7) is 0. The summed E-state index contributed by atoms with van der Waals surface area (Å²) in [7, 11) is 0. The largest absolute Gasteiger partial charge is 0.481 e. The highest BCUT2D eigenvalue weighted by molar-refractivity contribution is 7.10. The lowest BCUT2D eigenvalue weighted by Gasteiger charge is -2.33. The molecule has 1 aromatic heterocycles. The van der Waals surface area contributed by atoms with Crippen LogP contribution in [0.2, 0.25) is 0 Å². The Bertz CT molecular complexity index is 467. The molecular weight excluding hydrogens is 276 g/mol. The first-order valence-electron chi connectivity index (χ1n) is 6.86. The van der Waals surface area contributed by atoms with Gasteiger partial charge >= 0.3 is 5.97 Å². The van der Waals surface area contributed by atoms with Gasteiger partial charge in [0.2, 0.25) is 5.91 Å². The minimum Gasteiger partial charge on any atom is -0.481 e. The Morgan fingerprint density at radius 2 is 2.10 bits per heavy atom. The smallest absolute Gasteiger partial charge is 0.305 e. The molecule has 5 nitrogen and oxygen atoms in total. The molecule has 2 rings (SSSR count). The highest BCUT2D eigenvalue weighted by Gasteiger charge is 2.36. The predicted octanol–water partition coefficient (Wildman–Crippen LogP) is 2.04. The molecule has 1 heterocycles. The van der Waals surface area contributed by atoms with E-state index in [0.29, 0.717) is 12.8 Å². The van der Waals surface area contributed by atoms with Gasteiger partial charge in [-0.2, -0.15) is 0 Å². The molecule has 1 atom stereocenters. The molecule has 0 aromatic carbocycles. The van der Waals surface area contributed by atoms with Crippen molar-refractivity contribution in [1.82, 2.24) is 5.32 Å². The normalized spacial score (nSPS) is 19.2. The van der Waals surface area contributed by atoms with E-state index in [9.17, 15) is 9.59 Å². The first kappa shape index (κ1) is 15.0. The molecule has 1 aliphatic rings. The number of nitrogens with two attached hydrogens (primary N) is 1. The van der Waals surface area contributed by atoms with Crippen LogP contribution in [0.15, 0.2) is 17.5 Å². The zero-order valence-electron chi connectivity index (χ0n) is 11.3. The van der Waals surface area contributed by atoms with Crippen LogP contribution in [0, 0.1) is 0 Å². The van der Waals surface area contributed by atoms with E-state index in [4.69, 9.17) is 10.8 Å². The van der Waals surface area contributed by atoms with E-state index in [2.05, 4.69) is 5.32 Å². The molecule has 110 valence electrons. The number of aliphatic carboxylic acids is 1. The van der Waals surface area contributed by atoms with Crippen LogP contribution in [0.25, 0.3) is 0 Å². The van der Waals surface area contributed by atoms with E-state index >= 15 is 0 Å². The molecule has 1 saturated carbocycles. The summed E-state index contributed by atoms with van der Waals surface area (Å²) < 4.78 is 0. The maximum Gasteiger partial charge on any atom is 0.305 e. The zero-order chi connectivity index (χ0) is 14.6. The summed E-state index contributed by atoms with van der Waals surface area (Å²) >= 11 is 1.44. The van der Waals surface area contributed by atoms with Gasteiger partial charge < -0.3 is 16.2 Å². The van der Waals surface area contributed by atoms with Gasteiger partial charge in [-0.1, -0.05) is 25.3 Å². The Kier molecular flexibility index (Phi) is 4.77. The number of thiophene rings is 1.